The maximum Gasteiger partial charge on any atom is 2.00 e. The monoisotopic (exact) mass is 584 g/mol. The van der Waals surface area contributed by atoms with E-state index in [0.717, 1.165) is 12.8 Å². The maximum atomic E-state index is 11.6. The molecule has 0 radical (unpaired) electrons. The molecule has 2 atom stereocenters. The van der Waals surface area contributed by atoms with Crippen LogP contribution in [0.3, 0.4) is 0 Å². The van der Waals surface area contributed by atoms with Crippen LogP contribution in [0.2, 0.25) is 0 Å². The Labute approximate surface area is 275 Å². The second-order valence-electron chi connectivity index (χ2n) is 6.49. The van der Waals surface area contributed by atoms with Crippen molar-refractivity contribution >= 4 is 48.2 Å². The van der Waals surface area contributed by atoms with Crippen LogP contribution in [0, 0.1) is 16.7 Å². The van der Waals surface area contributed by atoms with E-state index in [4.69, 9.17) is 35.0 Å². The molecule has 0 spiro atoms. The summed E-state index contributed by atoms with van der Waals surface area (Å²) in [5.74, 6) is 2.39. The van der Waals surface area contributed by atoms with Gasteiger partial charge in [-0.2, -0.15) is 0 Å². The summed E-state index contributed by atoms with van der Waals surface area (Å²) in [6, 6.07) is 0. The predicted octanol–water partition coefficient (Wildman–Crippen LogP) is -4.37. The molecule has 2 bridgehead atoms. The van der Waals surface area contributed by atoms with Gasteiger partial charge in [-0.3, -0.25) is 21.6 Å². The van der Waals surface area contributed by atoms with Crippen molar-refractivity contribution in [2.24, 2.45) is 16.7 Å². The quantitative estimate of drug-likeness (QED) is 0.116. The summed E-state index contributed by atoms with van der Waals surface area (Å²) in [7, 11) is -6.64. The largest absolute Gasteiger partial charge is 2.00 e. The number of hydrogen-bond acceptors (Lipinski definition) is 11. The summed E-state index contributed by atoms with van der Waals surface area (Å²) in [5, 5.41) is 2.12. The van der Waals surface area contributed by atoms with E-state index in [9.17, 15) is 4.79 Å². The van der Waals surface area contributed by atoms with E-state index in [1.165, 1.54) is 12.2 Å². The Hall–Kier alpha value is 3.62. The zero-order valence-corrected chi connectivity index (χ0v) is 27.2. The van der Waals surface area contributed by atoms with E-state index in [2.05, 4.69) is 32.3 Å². The zero-order valence-electron chi connectivity index (χ0n) is 16.7. The van der Waals surface area contributed by atoms with Crippen LogP contribution < -0.4 is 103 Å². The molecule has 29 heavy (non-hydrogen) atoms. The fourth-order valence-corrected chi connectivity index (χ4v) is 4.67. The first-order valence-electron chi connectivity index (χ1n) is 7.28. The molecule has 0 amide bonds. The molecule has 0 saturated heterocycles. The van der Waals surface area contributed by atoms with Crippen LogP contribution in [0.1, 0.15) is 40.0 Å². The van der Waals surface area contributed by atoms with Gasteiger partial charge in [0.05, 0.1) is 0 Å². The van der Waals surface area contributed by atoms with Crippen molar-refractivity contribution in [1.82, 2.24) is 0 Å². The van der Waals surface area contributed by atoms with Crippen molar-refractivity contribution in [2.75, 3.05) is 5.75 Å². The average Bonchev–Trinajstić information content (AvgIpc) is 3.05. The van der Waals surface area contributed by atoms with E-state index in [1.807, 2.05) is 21.6 Å². The number of Topliss-reactive ketones (excluding diaryl/α,β-unsaturated/α-hetero) is 1. The van der Waals surface area contributed by atoms with Gasteiger partial charge in [0.15, 0.2) is 0 Å². The molecule has 16 heteroatoms. The Balaban J connectivity index is -0.000000151. The first kappa shape index (κ1) is 39.8. The second kappa shape index (κ2) is 17.1. The van der Waals surface area contributed by atoms with Crippen LogP contribution in [-0.4, -0.2) is 46.6 Å². The van der Waals surface area contributed by atoms with E-state index in [-0.39, 0.29) is 130 Å². The van der Waals surface area contributed by atoms with Crippen LogP contribution >= 0.6 is 21.6 Å². The normalized spacial score (nSPS) is 25.3. The molecular weight excluding hydrogens is 565 g/mol. The van der Waals surface area contributed by atoms with Crippen molar-refractivity contribution in [2.45, 2.75) is 40.0 Å². The summed E-state index contributed by atoms with van der Waals surface area (Å²) in [5.41, 5.74) is 0.307. The molecular formula is C13H20K2NiO9S4. The van der Waals surface area contributed by atoms with Gasteiger partial charge in [0, 0.05) is 38.4 Å². The van der Waals surface area contributed by atoms with Gasteiger partial charge in [-0.05, 0) is 29.6 Å². The Kier molecular flexibility index (Phi) is 23.5. The summed E-state index contributed by atoms with van der Waals surface area (Å²) >= 11 is 0. The van der Waals surface area contributed by atoms with Gasteiger partial charge in [0.25, 0.3) is 0 Å². The van der Waals surface area contributed by atoms with Gasteiger partial charge < -0.3 is 18.2 Å². The number of ketones is 1. The molecule has 0 aromatic carbocycles. The molecule has 2 aliphatic carbocycles. The average molecular weight is 585 g/mol. The fraction of sp³-hybridized carbons (Fsp3) is 0.769. The third-order valence-electron chi connectivity index (χ3n) is 4.87. The summed E-state index contributed by atoms with van der Waals surface area (Å²) in [4.78, 5) is 11.6. The van der Waals surface area contributed by atoms with Gasteiger partial charge in [-0.1, -0.05) is 48.4 Å². The SMILES string of the molecule is C1=CSSC1.CC12CCC(CC1=O)C2(C)C.O=S(=O)([O-])[O-].O=S(=O)([O-])[O-].[K+].[K+].[Ni+2]. The van der Waals surface area contributed by atoms with Crippen LogP contribution in [0.4, 0.5) is 0 Å². The topological polar surface area (TPSA) is 178 Å². The van der Waals surface area contributed by atoms with Crippen molar-refractivity contribution in [3.05, 3.63) is 11.5 Å². The molecule has 1 aliphatic heterocycles. The van der Waals surface area contributed by atoms with Gasteiger partial charge in [0.1, 0.15) is 5.78 Å². The van der Waals surface area contributed by atoms with Crippen LogP contribution in [-0.2, 0) is 42.1 Å². The third-order valence-corrected chi connectivity index (χ3v) is 6.78. The third kappa shape index (κ3) is 17.7. The molecule has 2 fully saturated rings. The minimum Gasteiger partial charge on any atom is -0.759 e. The molecule has 162 valence electrons. The first-order valence-corrected chi connectivity index (χ1v) is 12.3. The number of rotatable bonds is 0. The minimum absolute atomic E-state index is 0. The van der Waals surface area contributed by atoms with Crippen molar-refractivity contribution in [3.63, 3.8) is 0 Å². The standard InChI is InChI=1S/C10H16O.C3H4S2.2K.Ni.2H2O4S/c1-9(2)7-4-5-10(9,3)8(11)6-7;1-2-4-5-3-1;;;;2*1-5(2,3)4/h7H,4-6H2,1-3H3;1-2H,3H2;;;;2*(H2,1,2,3,4)/q;;2*+1;+2;;/p-4. The van der Waals surface area contributed by atoms with Crippen molar-refractivity contribution in [1.29, 1.82) is 0 Å². The molecule has 2 saturated carbocycles. The summed E-state index contributed by atoms with van der Waals surface area (Å²) < 4.78 is 68.2. The molecule has 3 rings (SSSR count). The molecule has 0 aromatic heterocycles. The first-order chi connectivity index (χ1) is 11.5. The molecule has 0 aromatic rings. The summed E-state index contributed by atoms with van der Waals surface area (Å²) in [6.45, 7) is 6.67. The van der Waals surface area contributed by atoms with E-state index in [0.29, 0.717) is 11.7 Å². The smallest absolute Gasteiger partial charge is 0.759 e. The molecule has 1 heterocycles. The molecule has 2 unspecified atom stereocenters. The van der Waals surface area contributed by atoms with Crippen LogP contribution in [0.15, 0.2) is 11.5 Å². The van der Waals surface area contributed by atoms with Gasteiger partial charge in [0.2, 0.25) is 0 Å². The summed E-state index contributed by atoms with van der Waals surface area (Å²) in [6.07, 6.45) is 5.41. The van der Waals surface area contributed by atoms with Crippen LogP contribution in [0.25, 0.3) is 0 Å². The predicted molar refractivity (Wildman–Crippen MR) is 94.4 cm³/mol. The number of hydrogen-bond donors (Lipinski definition) is 0. The van der Waals surface area contributed by atoms with E-state index in [1.54, 1.807) is 0 Å². The Morgan fingerprint density at radius 3 is 1.52 bits per heavy atom. The second-order valence-corrected chi connectivity index (χ2v) is 10.4. The van der Waals surface area contributed by atoms with Gasteiger partial charge in [-0.25, -0.2) is 0 Å². The van der Waals surface area contributed by atoms with Crippen molar-refractivity contribution in [3.8, 4) is 0 Å². The van der Waals surface area contributed by atoms with Crippen LogP contribution in [0.5, 0.6) is 0 Å². The molecule has 0 N–H and O–H groups in total. The number of fused-ring (bicyclic) bond motifs is 2. The fourth-order valence-electron chi connectivity index (χ4n) is 3.10. The number of carbonyl (C=O) groups excluding carboxylic acids is 1. The van der Waals surface area contributed by atoms with E-state index >= 15 is 0 Å². The number of carbonyl (C=O) groups is 1. The Morgan fingerprint density at radius 1 is 1.00 bits per heavy atom. The zero-order chi connectivity index (χ0) is 20.8. The maximum absolute atomic E-state index is 11.6. The molecule has 3 aliphatic rings. The van der Waals surface area contributed by atoms with Crippen molar-refractivity contribution < 1.29 is 159 Å². The Morgan fingerprint density at radius 2 is 1.41 bits per heavy atom. The van der Waals surface area contributed by atoms with Gasteiger partial charge >= 0.3 is 119 Å². The Bertz CT molecular complexity index is 677. The van der Waals surface area contributed by atoms with E-state index < -0.39 is 20.8 Å². The minimum atomic E-state index is -5.17. The van der Waals surface area contributed by atoms with Gasteiger partial charge in [-0.15, -0.1) is 0 Å². The molecule has 9 nitrogen and oxygen atoms in total.